The second-order valence-corrected chi connectivity index (χ2v) is 5.44. The van der Waals surface area contributed by atoms with Gasteiger partial charge >= 0.3 is 6.03 Å². The first-order valence-corrected chi connectivity index (χ1v) is 7.32. The molecule has 0 atom stereocenters. The summed E-state index contributed by atoms with van der Waals surface area (Å²) in [6.07, 6.45) is 0.510. The van der Waals surface area contributed by atoms with Gasteiger partial charge < -0.3 is 15.5 Å². The molecule has 0 saturated heterocycles. The van der Waals surface area contributed by atoms with Gasteiger partial charge in [-0.2, -0.15) is 0 Å². The van der Waals surface area contributed by atoms with Crippen LogP contribution in [-0.4, -0.2) is 26.7 Å². The number of amides is 2. The van der Waals surface area contributed by atoms with E-state index in [1.165, 1.54) is 31.1 Å². The molecule has 0 fully saturated rings. The summed E-state index contributed by atoms with van der Waals surface area (Å²) in [4.78, 5) is 13.1. The van der Waals surface area contributed by atoms with Crippen LogP contribution in [0.4, 0.5) is 29.3 Å². The Morgan fingerprint density at radius 2 is 1.62 bits per heavy atom. The third kappa shape index (κ3) is 4.65. The molecule has 0 aromatic heterocycles. The highest BCUT2D eigenvalue weighted by Crippen LogP contribution is 2.25. The van der Waals surface area contributed by atoms with Gasteiger partial charge in [-0.1, -0.05) is 12.1 Å². The molecule has 0 aliphatic heterocycles. The van der Waals surface area contributed by atoms with Gasteiger partial charge in [-0.05, 0) is 36.2 Å². The van der Waals surface area contributed by atoms with Gasteiger partial charge in [0, 0.05) is 26.3 Å². The van der Waals surface area contributed by atoms with Crippen LogP contribution in [0.25, 0.3) is 0 Å². The van der Waals surface area contributed by atoms with Crippen LogP contribution in [0, 0.1) is 17.5 Å². The maximum atomic E-state index is 13.8. The Morgan fingerprint density at radius 3 is 2.17 bits per heavy atom. The van der Waals surface area contributed by atoms with Crippen molar-refractivity contribution in [1.82, 2.24) is 5.32 Å². The number of halogens is 3. The average molecular weight is 337 g/mol. The van der Waals surface area contributed by atoms with Gasteiger partial charge in [0.1, 0.15) is 11.5 Å². The number of urea groups is 1. The van der Waals surface area contributed by atoms with Crippen LogP contribution in [0.3, 0.4) is 0 Å². The quantitative estimate of drug-likeness (QED) is 0.877. The highest BCUT2D eigenvalue weighted by Gasteiger charge is 2.14. The van der Waals surface area contributed by atoms with Crippen molar-refractivity contribution < 1.29 is 18.0 Å². The van der Waals surface area contributed by atoms with Crippen LogP contribution in [-0.2, 0) is 6.42 Å². The molecule has 128 valence electrons. The van der Waals surface area contributed by atoms with Gasteiger partial charge in [0.05, 0.1) is 0 Å². The Morgan fingerprint density at radius 1 is 1.04 bits per heavy atom. The Kier molecular flexibility index (Phi) is 5.68. The minimum atomic E-state index is -0.762. The fraction of sp³-hybridized carbons (Fsp3) is 0.235. The normalized spacial score (nSPS) is 10.4. The molecule has 2 rings (SSSR count). The molecule has 0 aliphatic carbocycles. The number of anilines is 2. The second kappa shape index (κ2) is 7.72. The average Bonchev–Trinajstić information content (AvgIpc) is 2.48. The van der Waals surface area contributed by atoms with Gasteiger partial charge in [-0.25, -0.2) is 18.0 Å². The zero-order valence-electron chi connectivity index (χ0n) is 13.4. The lowest BCUT2D eigenvalue weighted by Crippen LogP contribution is -2.30. The largest absolute Gasteiger partial charge is 0.373 e. The predicted molar refractivity (Wildman–Crippen MR) is 87.8 cm³/mol. The van der Waals surface area contributed by atoms with Crippen molar-refractivity contribution in [3.8, 4) is 0 Å². The molecule has 0 bridgehead atoms. The molecule has 2 aromatic rings. The molecule has 0 saturated carbocycles. The van der Waals surface area contributed by atoms with Crippen molar-refractivity contribution in [2.24, 2.45) is 0 Å². The van der Waals surface area contributed by atoms with E-state index < -0.39 is 17.7 Å². The fourth-order valence-corrected chi connectivity index (χ4v) is 2.21. The van der Waals surface area contributed by atoms with E-state index in [1.54, 1.807) is 12.1 Å². The van der Waals surface area contributed by atoms with Crippen molar-refractivity contribution in [1.29, 1.82) is 0 Å². The molecule has 0 heterocycles. The van der Waals surface area contributed by atoms with Crippen LogP contribution < -0.4 is 15.5 Å². The Hall–Kier alpha value is -2.70. The van der Waals surface area contributed by atoms with E-state index in [9.17, 15) is 18.0 Å². The summed E-state index contributed by atoms with van der Waals surface area (Å²) in [6.45, 7) is 0.304. The molecule has 0 spiro atoms. The summed E-state index contributed by atoms with van der Waals surface area (Å²) in [7, 11) is 3.05. The first-order valence-electron chi connectivity index (χ1n) is 7.32. The first-order chi connectivity index (χ1) is 11.4. The molecule has 24 heavy (non-hydrogen) atoms. The van der Waals surface area contributed by atoms with Crippen LogP contribution in [0.1, 0.15) is 5.56 Å². The number of benzene rings is 2. The highest BCUT2D eigenvalue weighted by molar-refractivity contribution is 5.89. The second-order valence-electron chi connectivity index (χ2n) is 5.44. The van der Waals surface area contributed by atoms with Crippen LogP contribution in [0.5, 0.6) is 0 Å². The number of hydrogen-bond donors (Lipinski definition) is 2. The van der Waals surface area contributed by atoms with E-state index in [4.69, 9.17) is 0 Å². The molecule has 2 N–H and O–H groups in total. The summed E-state index contributed by atoms with van der Waals surface area (Å²) in [5, 5.41) is 4.95. The van der Waals surface area contributed by atoms with Crippen LogP contribution in [0.2, 0.25) is 0 Å². The Labute approximate surface area is 138 Å². The highest BCUT2D eigenvalue weighted by atomic mass is 19.1. The smallest absolute Gasteiger partial charge is 0.319 e. The standard InChI is InChI=1S/C17H18F3N3O/c1-23(2)16-14(19)9-13(10-15(16)20)22-17(24)21-8-7-11-3-5-12(18)6-4-11/h3-6,9-10H,7-8H2,1-2H3,(H2,21,22,24). The van der Waals surface area contributed by atoms with E-state index in [-0.39, 0.29) is 17.2 Å². The maximum absolute atomic E-state index is 13.8. The molecular formula is C17H18F3N3O. The Bertz CT molecular complexity index is 695. The first kappa shape index (κ1) is 17.7. The molecule has 0 aliphatic rings. The van der Waals surface area contributed by atoms with Crippen molar-refractivity contribution in [2.75, 3.05) is 30.9 Å². The third-order valence-electron chi connectivity index (χ3n) is 3.33. The fourth-order valence-electron chi connectivity index (χ4n) is 2.21. The minimum Gasteiger partial charge on any atom is -0.373 e. The lowest BCUT2D eigenvalue weighted by atomic mass is 10.1. The predicted octanol–water partition coefficient (Wildman–Crippen LogP) is 3.53. The van der Waals surface area contributed by atoms with Crippen molar-refractivity contribution in [2.45, 2.75) is 6.42 Å². The number of nitrogens with one attached hydrogen (secondary N) is 2. The number of nitrogens with zero attached hydrogens (tertiary/aromatic N) is 1. The van der Waals surface area contributed by atoms with Crippen molar-refractivity contribution in [3.05, 3.63) is 59.4 Å². The topological polar surface area (TPSA) is 44.4 Å². The summed E-state index contributed by atoms with van der Waals surface area (Å²) in [5.41, 5.74) is 0.719. The summed E-state index contributed by atoms with van der Waals surface area (Å²) in [6, 6.07) is 7.46. The van der Waals surface area contributed by atoms with Crippen LogP contribution >= 0.6 is 0 Å². The number of rotatable bonds is 5. The number of hydrogen-bond acceptors (Lipinski definition) is 2. The Balaban J connectivity index is 1.89. The molecule has 2 aromatic carbocycles. The number of carbonyl (C=O) groups is 1. The molecule has 0 unspecified atom stereocenters. The van der Waals surface area contributed by atoms with E-state index in [2.05, 4.69) is 10.6 Å². The van der Waals surface area contributed by atoms with E-state index in [0.29, 0.717) is 13.0 Å². The zero-order valence-corrected chi connectivity index (χ0v) is 13.4. The van der Waals surface area contributed by atoms with Gasteiger partial charge in [-0.15, -0.1) is 0 Å². The van der Waals surface area contributed by atoms with E-state index in [0.717, 1.165) is 17.7 Å². The molecule has 4 nitrogen and oxygen atoms in total. The third-order valence-corrected chi connectivity index (χ3v) is 3.33. The molecule has 0 radical (unpaired) electrons. The molecule has 2 amide bonds. The summed E-state index contributed by atoms with van der Waals surface area (Å²) < 4.78 is 40.4. The lowest BCUT2D eigenvalue weighted by Gasteiger charge is -2.16. The van der Waals surface area contributed by atoms with E-state index in [1.807, 2.05) is 0 Å². The van der Waals surface area contributed by atoms with Gasteiger partial charge in [0.25, 0.3) is 0 Å². The minimum absolute atomic E-state index is 0.0230. The molecule has 7 heteroatoms. The maximum Gasteiger partial charge on any atom is 0.319 e. The lowest BCUT2D eigenvalue weighted by molar-refractivity contribution is 0.252. The van der Waals surface area contributed by atoms with Gasteiger partial charge in [0.2, 0.25) is 0 Å². The summed E-state index contributed by atoms with van der Waals surface area (Å²) >= 11 is 0. The summed E-state index contributed by atoms with van der Waals surface area (Å²) in [5.74, 6) is -1.85. The van der Waals surface area contributed by atoms with Gasteiger partial charge in [-0.3, -0.25) is 0 Å². The van der Waals surface area contributed by atoms with Crippen LogP contribution in [0.15, 0.2) is 36.4 Å². The van der Waals surface area contributed by atoms with Crippen molar-refractivity contribution in [3.63, 3.8) is 0 Å². The van der Waals surface area contributed by atoms with Gasteiger partial charge in [0.15, 0.2) is 11.6 Å². The van der Waals surface area contributed by atoms with Crippen molar-refractivity contribution >= 4 is 17.4 Å². The molecular weight excluding hydrogens is 319 g/mol. The number of carbonyl (C=O) groups excluding carboxylic acids is 1. The van der Waals surface area contributed by atoms with E-state index >= 15 is 0 Å². The SMILES string of the molecule is CN(C)c1c(F)cc(NC(=O)NCCc2ccc(F)cc2)cc1F. The monoisotopic (exact) mass is 337 g/mol. The zero-order chi connectivity index (χ0) is 17.7.